The van der Waals surface area contributed by atoms with Gasteiger partial charge in [0, 0.05) is 13.1 Å². The van der Waals surface area contributed by atoms with Crippen LogP contribution in [0.5, 0.6) is 11.5 Å². The molecule has 1 aliphatic heterocycles. The van der Waals surface area contributed by atoms with Crippen molar-refractivity contribution < 1.29 is 9.84 Å². The third-order valence-electron chi connectivity index (χ3n) is 4.83. The van der Waals surface area contributed by atoms with Gasteiger partial charge in [-0.15, -0.1) is 0 Å². The molecular weight excluding hydrogens is 238 g/mol. The van der Waals surface area contributed by atoms with E-state index in [0.717, 1.165) is 6.54 Å². The van der Waals surface area contributed by atoms with Crippen molar-refractivity contribution in [2.75, 3.05) is 20.2 Å². The van der Waals surface area contributed by atoms with Gasteiger partial charge in [0.25, 0.3) is 0 Å². The quantitative estimate of drug-likeness (QED) is 0.907. The number of phenols is 1. The zero-order chi connectivity index (χ0) is 13.3. The topological polar surface area (TPSA) is 32.7 Å². The van der Waals surface area contributed by atoms with Crippen LogP contribution in [0.3, 0.4) is 0 Å². The summed E-state index contributed by atoms with van der Waals surface area (Å²) in [5.41, 5.74) is 1.79. The number of aromatic hydroxyl groups is 1. The predicted octanol–water partition coefficient (Wildman–Crippen LogP) is 3.17. The van der Waals surface area contributed by atoms with Gasteiger partial charge >= 0.3 is 0 Å². The molecule has 2 fully saturated rings. The molecule has 0 aromatic heterocycles. The van der Waals surface area contributed by atoms with Crippen molar-refractivity contribution in [2.45, 2.75) is 38.6 Å². The lowest BCUT2D eigenvalue weighted by Gasteiger charge is -2.23. The maximum atomic E-state index is 9.83. The summed E-state index contributed by atoms with van der Waals surface area (Å²) in [6, 6.07) is 5.74. The molecule has 3 rings (SSSR count). The molecule has 104 valence electrons. The summed E-state index contributed by atoms with van der Waals surface area (Å²) in [7, 11) is 1.58. The van der Waals surface area contributed by atoms with Crippen molar-refractivity contribution in [3.05, 3.63) is 23.8 Å². The molecule has 1 aliphatic carbocycles. The van der Waals surface area contributed by atoms with E-state index < -0.39 is 0 Å². The van der Waals surface area contributed by atoms with Crippen molar-refractivity contribution in [3.8, 4) is 11.5 Å². The molecule has 1 spiro atoms. The number of hydrogen-bond donors (Lipinski definition) is 1. The second-order valence-corrected chi connectivity index (χ2v) is 6.17. The number of methoxy groups -OCH3 is 1. The van der Waals surface area contributed by atoms with E-state index in [-0.39, 0.29) is 5.75 Å². The molecule has 0 bridgehead atoms. The lowest BCUT2D eigenvalue weighted by atomic mass is 9.86. The summed E-state index contributed by atoms with van der Waals surface area (Å²) in [4.78, 5) is 2.53. The van der Waals surface area contributed by atoms with Crippen LogP contribution in [-0.2, 0) is 6.54 Å². The van der Waals surface area contributed by atoms with Crippen molar-refractivity contribution >= 4 is 0 Å². The second kappa shape index (κ2) is 5.04. The van der Waals surface area contributed by atoms with Crippen LogP contribution in [0, 0.1) is 5.41 Å². The lowest BCUT2D eigenvalue weighted by molar-refractivity contribution is 0.255. The number of hydrogen-bond acceptors (Lipinski definition) is 3. The van der Waals surface area contributed by atoms with E-state index in [9.17, 15) is 5.11 Å². The Morgan fingerprint density at radius 2 is 2.05 bits per heavy atom. The highest BCUT2D eigenvalue weighted by Gasteiger charge is 2.39. The molecule has 1 heterocycles. The molecule has 1 aromatic rings. The van der Waals surface area contributed by atoms with Crippen LogP contribution in [-0.4, -0.2) is 30.2 Å². The minimum absolute atomic E-state index is 0.245. The molecule has 0 amide bonds. The molecular formula is C16H23NO2. The van der Waals surface area contributed by atoms with Crippen LogP contribution in [0.4, 0.5) is 0 Å². The van der Waals surface area contributed by atoms with Crippen LogP contribution in [0.1, 0.15) is 37.7 Å². The number of nitrogens with zero attached hydrogens (tertiary/aromatic N) is 1. The Kier molecular flexibility index (Phi) is 3.40. The highest BCUT2D eigenvalue weighted by atomic mass is 16.5. The Morgan fingerprint density at radius 3 is 2.74 bits per heavy atom. The van der Waals surface area contributed by atoms with Crippen LogP contribution in [0.2, 0.25) is 0 Å². The molecule has 3 heteroatoms. The summed E-state index contributed by atoms with van der Waals surface area (Å²) in [6.07, 6.45) is 7.01. The molecule has 19 heavy (non-hydrogen) atoms. The Hall–Kier alpha value is -1.22. The lowest BCUT2D eigenvalue weighted by Crippen LogP contribution is -2.24. The van der Waals surface area contributed by atoms with E-state index >= 15 is 0 Å². The van der Waals surface area contributed by atoms with E-state index in [1.165, 1.54) is 50.8 Å². The van der Waals surface area contributed by atoms with Crippen LogP contribution < -0.4 is 4.74 Å². The first-order valence-electron chi connectivity index (χ1n) is 7.29. The fourth-order valence-corrected chi connectivity index (χ4v) is 3.79. The Bertz CT molecular complexity index is 452. The van der Waals surface area contributed by atoms with Crippen molar-refractivity contribution in [2.24, 2.45) is 5.41 Å². The summed E-state index contributed by atoms with van der Waals surface area (Å²) in [6.45, 7) is 3.38. The number of benzene rings is 1. The van der Waals surface area contributed by atoms with Crippen LogP contribution >= 0.6 is 0 Å². The summed E-state index contributed by atoms with van der Waals surface area (Å²) < 4.78 is 5.08. The average molecular weight is 261 g/mol. The number of ether oxygens (including phenoxy) is 1. The number of phenolic OH excluding ortho intramolecular Hbond substituents is 1. The molecule has 0 atom stereocenters. The summed E-state index contributed by atoms with van der Waals surface area (Å²) in [5, 5.41) is 9.83. The second-order valence-electron chi connectivity index (χ2n) is 6.17. The summed E-state index contributed by atoms with van der Waals surface area (Å²) in [5.74, 6) is 0.798. The Balaban J connectivity index is 1.64. The third kappa shape index (κ3) is 2.57. The highest BCUT2D eigenvalue weighted by molar-refractivity contribution is 5.41. The molecule has 1 saturated carbocycles. The van der Waals surface area contributed by atoms with Crippen molar-refractivity contribution in [1.29, 1.82) is 0 Å². The molecule has 1 saturated heterocycles. The molecule has 3 nitrogen and oxygen atoms in total. The number of likely N-dealkylation sites (tertiary alicyclic amines) is 1. The molecule has 0 unspecified atom stereocenters. The van der Waals surface area contributed by atoms with Crippen molar-refractivity contribution in [3.63, 3.8) is 0 Å². The SMILES string of the molecule is COc1ccc(CN2CCC3(CCCC3)C2)cc1O. The first kappa shape index (κ1) is 12.8. The minimum Gasteiger partial charge on any atom is -0.504 e. The Morgan fingerprint density at radius 1 is 1.26 bits per heavy atom. The highest BCUT2D eigenvalue weighted by Crippen LogP contribution is 2.45. The maximum absolute atomic E-state index is 9.83. The van der Waals surface area contributed by atoms with Crippen LogP contribution in [0.25, 0.3) is 0 Å². The fraction of sp³-hybridized carbons (Fsp3) is 0.625. The van der Waals surface area contributed by atoms with Gasteiger partial charge in [-0.25, -0.2) is 0 Å². The largest absolute Gasteiger partial charge is 0.504 e. The standard InChI is InChI=1S/C16H23NO2/c1-19-15-5-4-13(10-14(15)18)11-17-9-8-16(12-17)6-2-3-7-16/h4-5,10,18H,2-3,6-9,11-12H2,1H3. The van der Waals surface area contributed by atoms with Gasteiger partial charge in [0.15, 0.2) is 11.5 Å². The van der Waals surface area contributed by atoms with E-state index in [1.807, 2.05) is 12.1 Å². The van der Waals surface area contributed by atoms with Crippen molar-refractivity contribution in [1.82, 2.24) is 4.90 Å². The normalized spacial score (nSPS) is 22.2. The van der Waals surface area contributed by atoms with Gasteiger partial charge in [0.2, 0.25) is 0 Å². The summed E-state index contributed by atoms with van der Waals surface area (Å²) >= 11 is 0. The monoisotopic (exact) mass is 261 g/mol. The van der Waals surface area contributed by atoms with Gasteiger partial charge in [-0.3, -0.25) is 4.90 Å². The van der Waals surface area contributed by atoms with E-state index in [1.54, 1.807) is 7.11 Å². The first-order valence-corrected chi connectivity index (χ1v) is 7.29. The minimum atomic E-state index is 0.245. The zero-order valence-electron chi connectivity index (χ0n) is 11.7. The number of rotatable bonds is 3. The average Bonchev–Trinajstić information content (AvgIpc) is 3.01. The van der Waals surface area contributed by atoms with Crippen LogP contribution in [0.15, 0.2) is 18.2 Å². The molecule has 1 N–H and O–H groups in total. The van der Waals surface area contributed by atoms with Gasteiger partial charge in [-0.05, 0) is 48.9 Å². The maximum Gasteiger partial charge on any atom is 0.160 e. The predicted molar refractivity (Wildman–Crippen MR) is 75.5 cm³/mol. The smallest absolute Gasteiger partial charge is 0.160 e. The van der Waals surface area contributed by atoms with Gasteiger partial charge in [-0.1, -0.05) is 18.9 Å². The third-order valence-corrected chi connectivity index (χ3v) is 4.83. The van der Waals surface area contributed by atoms with E-state index in [0.29, 0.717) is 11.2 Å². The van der Waals surface area contributed by atoms with E-state index in [2.05, 4.69) is 11.0 Å². The van der Waals surface area contributed by atoms with Gasteiger partial charge in [-0.2, -0.15) is 0 Å². The van der Waals surface area contributed by atoms with E-state index in [4.69, 9.17) is 4.74 Å². The zero-order valence-corrected chi connectivity index (χ0v) is 11.7. The van der Waals surface area contributed by atoms with Gasteiger partial charge in [0.05, 0.1) is 7.11 Å². The molecule has 0 radical (unpaired) electrons. The van der Waals surface area contributed by atoms with Gasteiger partial charge in [0.1, 0.15) is 0 Å². The van der Waals surface area contributed by atoms with Gasteiger partial charge < -0.3 is 9.84 Å². The molecule has 2 aliphatic rings. The molecule has 1 aromatic carbocycles. The Labute approximate surface area is 115 Å². The fourth-order valence-electron chi connectivity index (χ4n) is 3.79. The first-order chi connectivity index (χ1) is 9.21.